The fourth-order valence-electron chi connectivity index (χ4n) is 4.44. The van der Waals surface area contributed by atoms with E-state index in [1.54, 1.807) is 36.6 Å². The molecule has 0 aliphatic carbocycles. The standard InChI is InChI=1S/C23H23F3N6O/c1-22(27)9-10-31(13-22)20(23(24,25)26)15-5-8-19-29-30-21(32(19)12-15)17-7-4-14-3-6-16(33-2)11-18(14)28-17/h3-8,11-12,20H,9-10,13,27H2,1-2H3/t20-,22-/m0/s1. The topological polar surface area (TPSA) is 81.6 Å². The van der Waals surface area contributed by atoms with Crippen LogP contribution in [0.15, 0.2) is 48.7 Å². The zero-order valence-corrected chi connectivity index (χ0v) is 18.2. The second-order valence-corrected chi connectivity index (χ2v) is 8.79. The molecule has 3 aromatic heterocycles. The molecule has 1 aromatic carbocycles. The average Bonchev–Trinajstić information content (AvgIpc) is 3.34. The van der Waals surface area contributed by atoms with E-state index in [9.17, 15) is 13.2 Å². The number of hydrogen-bond donors (Lipinski definition) is 1. The molecule has 2 atom stereocenters. The fraction of sp³-hybridized carbons (Fsp3) is 0.348. The third kappa shape index (κ3) is 4.00. The van der Waals surface area contributed by atoms with Crippen molar-refractivity contribution in [1.29, 1.82) is 0 Å². The molecular formula is C23H23F3N6O. The van der Waals surface area contributed by atoms with Crippen molar-refractivity contribution in [3.8, 4) is 17.3 Å². The van der Waals surface area contributed by atoms with E-state index in [1.807, 2.05) is 18.2 Å². The molecule has 0 bridgehead atoms. The van der Waals surface area contributed by atoms with Crippen molar-refractivity contribution in [3.05, 3.63) is 54.2 Å². The second kappa shape index (κ2) is 7.67. The van der Waals surface area contributed by atoms with E-state index in [0.717, 1.165) is 5.39 Å². The van der Waals surface area contributed by atoms with Gasteiger partial charge in [-0.25, -0.2) is 4.98 Å². The lowest BCUT2D eigenvalue weighted by Gasteiger charge is -2.31. The summed E-state index contributed by atoms with van der Waals surface area (Å²) in [5, 5.41) is 9.24. The van der Waals surface area contributed by atoms with E-state index in [4.69, 9.17) is 10.5 Å². The summed E-state index contributed by atoms with van der Waals surface area (Å²) in [5.74, 6) is 1.02. The van der Waals surface area contributed by atoms with Crippen LogP contribution in [0.1, 0.15) is 24.9 Å². The van der Waals surface area contributed by atoms with Crippen molar-refractivity contribution in [2.45, 2.75) is 31.1 Å². The van der Waals surface area contributed by atoms with E-state index >= 15 is 0 Å². The Morgan fingerprint density at radius 1 is 1.12 bits per heavy atom. The number of benzene rings is 1. The molecule has 5 rings (SSSR count). The highest BCUT2D eigenvalue weighted by molar-refractivity contribution is 5.82. The molecule has 4 heterocycles. The summed E-state index contributed by atoms with van der Waals surface area (Å²) in [5.41, 5.74) is 7.20. The van der Waals surface area contributed by atoms with Crippen LogP contribution in [0.5, 0.6) is 5.75 Å². The molecule has 33 heavy (non-hydrogen) atoms. The first-order chi connectivity index (χ1) is 15.6. The molecule has 2 N–H and O–H groups in total. The van der Waals surface area contributed by atoms with Crippen molar-refractivity contribution < 1.29 is 17.9 Å². The maximum atomic E-state index is 14.2. The minimum atomic E-state index is -4.46. The highest BCUT2D eigenvalue weighted by atomic mass is 19.4. The van der Waals surface area contributed by atoms with Gasteiger partial charge >= 0.3 is 6.18 Å². The summed E-state index contributed by atoms with van der Waals surface area (Å²) >= 11 is 0. The summed E-state index contributed by atoms with van der Waals surface area (Å²) in [4.78, 5) is 6.04. The molecule has 1 aliphatic rings. The van der Waals surface area contributed by atoms with Gasteiger partial charge in [0.15, 0.2) is 11.5 Å². The van der Waals surface area contributed by atoms with Gasteiger partial charge in [-0.3, -0.25) is 9.30 Å². The van der Waals surface area contributed by atoms with Crippen LogP contribution in [0.3, 0.4) is 0 Å². The first kappa shape index (κ1) is 21.6. The molecule has 0 radical (unpaired) electrons. The number of nitrogens with zero attached hydrogens (tertiary/aromatic N) is 5. The van der Waals surface area contributed by atoms with Crippen molar-refractivity contribution in [3.63, 3.8) is 0 Å². The summed E-state index contributed by atoms with van der Waals surface area (Å²) < 4.78 is 49.3. The van der Waals surface area contributed by atoms with Crippen LogP contribution in [-0.2, 0) is 0 Å². The van der Waals surface area contributed by atoms with Crippen molar-refractivity contribution >= 4 is 16.6 Å². The average molecular weight is 456 g/mol. The molecule has 1 fully saturated rings. The third-order valence-electron chi connectivity index (χ3n) is 6.08. The molecule has 0 unspecified atom stereocenters. The molecule has 0 amide bonds. The van der Waals surface area contributed by atoms with Crippen LogP contribution in [0.25, 0.3) is 28.1 Å². The Balaban J connectivity index is 1.59. The minimum Gasteiger partial charge on any atom is -0.497 e. The van der Waals surface area contributed by atoms with Gasteiger partial charge in [0, 0.05) is 36.3 Å². The Kier molecular flexibility index (Phi) is 5.02. The van der Waals surface area contributed by atoms with Crippen LogP contribution in [-0.4, -0.2) is 56.4 Å². The van der Waals surface area contributed by atoms with Crippen LogP contribution < -0.4 is 10.5 Å². The predicted molar refractivity (Wildman–Crippen MR) is 118 cm³/mol. The number of methoxy groups -OCH3 is 1. The van der Waals surface area contributed by atoms with Crippen molar-refractivity contribution in [2.75, 3.05) is 20.2 Å². The van der Waals surface area contributed by atoms with Gasteiger partial charge in [-0.2, -0.15) is 13.2 Å². The molecule has 1 aliphatic heterocycles. The first-order valence-corrected chi connectivity index (χ1v) is 10.5. The molecule has 7 nitrogen and oxygen atoms in total. The quantitative estimate of drug-likeness (QED) is 0.500. The number of ether oxygens (including phenoxy) is 1. The Hall–Kier alpha value is -3.24. The lowest BCUT2D eigenvalue weighted by Crippen LogP contribution is -2.43. The highest BCUT2D eigenvalue weighted by Crippen LogP contribution is 2.41. The second-order valence-electron chi connectivity index (χ2n) is 8.79. The fourth-order valence-corrected chi connectivity index (χ4v) is 4.44. The van der Waals surface area contributed by atoms with E-state index in [-0.39, 0.29) is 18.7 Å². The number of pyridine rings is 2. The Morgan fingerprint density at radius 2 is 1.91 bits per heavy atom. The van der Waals surface area contributed by atoms with Gasteiger partial charge in [-0.15, -0.1) is 10.2 Å². The lowest BCUT2D eigenvalue weighted by atomic mass is 10.0. The zero-order valence-electron chi connectivity index (χ0n) is 18.2. The molecule has 0 spiro atoms. The van der Waals surface area contributed by atoms with Crippen LogP contribution >= 0.6 is 0 Å². The number of aromatic nitrogens is 4. The largest absolute Gasteiger partial charge is 0.497 e. The predicted octanol–water partition coefficient (Wildman–Crippen LogP) is 3.98. The summed E-state index contributed by atoms with van der Waals surface area (Å²) in [6, 6.07) is 10.4. The third-order valence-corrected chi connectivity index (χ3v) is 6.08. The number of hydrogen-bond acceptors (Lipinski definition) is 6. The molecule has 1 saturated heterocycles. The number of rotatable bonds is 4. The lowest BCUT2D eigenvalue weighted by molar-refractivity contribution is -0.184. The number of nitrogens with two attached hydrogens (primary N) is 1. The Morgan fingerprint density at radius 3 is 2.61 bits per heavy atom. The summed E-state index contributed by atoms with van der Waals surface area (Å²) in [6.45, 7) is 2.22. The maximum absolute atomic E-state index is 14.2. The monoisotopic (exact) mass is 456 g/mol. The Labute approximate surface area is 188 Å². The molecular weight excluding hydrogens is 433 g/mol. The van der Waals surface area contributed by atoms with Crippen molar-refractivity contribution in [1.82, 2.24) is 24.5 Å². The Bertz CT molecular complexity index is 1330. The van der Waals surface area contributed by atoms with Gasteiger partial charge < -0.3 is 10.5 Å². The number of fused-ring (bicyclic) bond motifs is 2. The minimum absolute atomic E-state index is 0.108. The van der Waals surface area contributed by atoms with Gasteiger partial charge in [0.25, 0.3) is 0 Å². The normalized spacial score (nSPS) is 20.5. The van der Waals surface area contributed by atoms with E-state index < -0.39 is 17.8 Å². The van der Waals surface area contributed by atoms with Crippen LogP contribution in [0.4, 0.5) is 13.2 Å². The van der Waals surface area contributed by atoms with Gasteiger partial charge in [0.2, 0.25) is 0 Å². The first-order valence-electron chi connectivity index (χ1n) is 10.5. The van der Waals surface area contributed by atoms with E-state index in [0.29, 0.717) is 34.9 Å². The van der Waals surface area contributed by atoms with Gasteiger partial charge in [-0.05, 0) is 43.2 Å². The van der Waals surface area contributed by atoms with E-state index in [1.165, 1.54) is 17.2 Å². The SMILES string of the molecule is COc1ccc2ccc(-c3nnc4ccc([C@H](N5CC[C@](C)(N)C5)C(F)(F)F)cn34)nc2c1. The molecule has 10 heteroatoms. The van der Waals surface area contributed by atoms with Crippen LogP contribution in [0.2, 0.25) is 0 Å². The highest BCUT2D eigenvalue weighted by Gasteiger charge is 2.48. The van der Waals surface area contributed by atoms with Gasteiger partial charge in [0.1, 0.15) is 17.5 Å². The van der Waals surface area contributed by atoms with Crippen molar-refractivity contribution in [2.24, 2.45) is 5.73 Å². The van der Waals surface area contributed by atoms with Gasteiger partial charge in [-0.1, -0.05) is 12.1 Å². The number of halogens is 3. The number of likely N-dealkylation sites (tertiary alicyclic amines) is 1. The zero-order chi connectivity index (χ0) is 23.4. The van der Waals surface area contributed by atoms with E-state index in [2.05, 4.69) is 15.2 Å². The smallest absolute Gasteiger partial charge is 0.408 e. The summed E-state index contributed by atoms with van der Waals surface area (Å²) in [7, 11) is 1.57. The molecule has 0 saturated carbocycles. The van der Waals surface area contributed by atoms with Gasteiger partial charge in [0.05, 0.1) is 12.6 Å². The molecule has 172 valence electrons. The molecule has 4 aromatic rings. The maximum Gasteiger partial charge on any atom is 0.408 e. The summed E-state index contributed by atoms with van der Waals surface area (Å²) in [6.07, 6.45) is -2.50. The number of alkyl halides is 3. The van der Waals surface area contributed by atoms with Crippen LogP contribution in [0, 0.1) is 0 Å².